The molecule has 1 rings (SSSR count). The van der Waals surface area contributed by atoms with Gasteiger partial charge in [-0.1, -0.05) is 19.9 Å². The number of carbonyl (C=O) groups excluding carboxylic acids is 2. The zero-order valence-corrected chi connectivity index (χ0v) is 13.2. The zero-order valence-electron chi connectivity index (χ0n) is 13.2. The molecule has 0 saturated carbocycles. The van der Waals surface area contributed by atoms with E-state index in [1.807, 2.05) is 27.7 Å². The first-order chi connectivity index (χ1) is 9.90. The highest BCUT2D eigenvalue weighted by atomic mass is 16.2. The van der Waals surface area contributed by atoms with Gasteiger partial charge in [0.05, 0.1) is 6.04 Å². The molecule has 2 amide bonds. The molecule has 0 spiro atoms. The van der Waals surface area contributed by atoms with Crippen molar-refractivity contribution in [1.82, 2.24) is 4.90 Å². The first kappa shape index (κ1) is 17.2. The third-order valence-electron chi connectivity index (χ3n) is 3.45. The second-order valence-electron chi connectivity index (χ2n) is 5.32. The fourth-order valence-electron chi connectivity index (χ4n) is 1.95. The van der Waals surface area contributed by atoms with Crippen LogP contribution in [0.25, 0.3) is 0 Å². The van der Waals surface area contributed by atoms with Crippen LogP contribution in [-0.2, 0) is 4.79 Å². The summed E-state index contributed by atoms with van der Waals surface area (Å²) in [5, 5.41) is 2.76. The van der Waals surface area contributed by atoms with Crippen molar-refractivity contribution in [3.05, 3.63) is 29.8 Å². The van der Waals surface area contributed by atoms with E-state index in [-0.39, 0.29) is 17.7 Å². The maximum Gasteiger partial charge on any atom is 0.253 e. The first-order valence-corrected chi connectivity index (χ1v) is 7.36. The Bertz CT molecular complexity index is 496. The Hall–Kier alpha value is -1.88. The number of hydrogen-bond acceptors (Lipinski definition) is 3. The summed E-state index contributed by atoms with van der Waals surface area (Å²) < 4.78 is 0. The van der Waals surface area contributed by atoms with Crippen molar-refractivity contribution in [3.63, 3.8) is 0 Å². The monoisotopic (exact) mass is 291 g/mol. The van der Waals surface area contributed by atoms with Gasteiger partial charge in [-0.25, -0.2) is 0 Å². The average molecular weight is 291 g/mol. The molecule has 116 valence electrons. The third-order valence-corrected chi connectivity index (χ3v) is 3.45. The van der Waals surface area contributed by atoms with Crippen LogP contribution in [0.15, 0.2) is 24.3 Å². The average Bonchev–Trinajstić information content (AvgIpc) is 2.47. The lowest BCUT2D eigenvalue weighted by molar-refractivity contribution is -0.118. The van der Waals surface area contributed by atoms with E-state index in [4.69, 9.17) is 5.73 Å². The Morgan fingerprint density at radius 2 is 1.86 bits per heavy atom. The highest BCUT2D eigenvalue weighted by Gasteiger charge is 2.18. The van der Waals surface area contributed by atoms with Crippen molar-refractivity contribution >= 4 is 17.5 Å². The molecule has 0 aliphatic carbocycles. The smallest absolute Gasteiger partial charge is 0.253 e. The lowest BCUT2D eigenvalue weighted by atomic mass is 10.0. The van der Waals surface area contributed by atoms with Gasteiger partial charge in [0.25, 0.3) is 5.91 Å². The van der Waals surface area contributed by atoms with Crippen molar-refractivity contribution in [2.45, 2.75) is 33.7 Å². The van der Waals surface area contributed by atoms with Crippen LogP contribution >= 0.6 is 0 Å². The minimum atomic E-state index is -0.563. The summed E-state index contributed by atoms with van der Waals surface area (Å²) in [5.41, 5.74) is 6.97. The summed E-state index contributed by atoms with van der Waals surface area (Å²) in [7, 11) is 0. The van der Waals surface area contributed by atoms with E-state index >= 15 is 0 Å². The lowest BCUT2D eigenvalue weighted by Crippen LogP contribution is -2.39. The van der Waals surface area contributed by atoms with Gasteiger partial charge in [-0.3, -0.25) is 9.59 Å². The lowest BCUT2D eigenvalue weighted by Gasteiger charge is -2.19. The van der Waals surface area contributed by atoms with Gasteiger partial charge in [0.1, 0.15) is 0 Å². The molecule has 0 fully saturated rings. The number of rotatable bonds is 6. The normalized spacial score (nSPS) is 12.1. The fourth-order valence-corrected chi connectivity index (χ4v) is 1.95. The van der Waals surface area contributed by atoms with Crippen LogP contribution in [0.4, 0.5) is 5.69 Å². The fraction of sp³-hybridized carbons (Fsp3) is 0.500. The second kappa shape index (κ2) is 7.78. The number of nitrogens with one attached hydrogen (secondary N) is 1. The van der Waals surface area contributed by atoms with Crippen LogP contribution < -0.4 is 11.1 Å². The van der Waals surface area contributed by atoms with Crippen LogP contribution in [0.5, 0.6) is 0 Å². The number of nitrogens with two attached hydrogens (primary N) is 1. The summed E-state index contributed by atoms with van der Waals surface area (Å²) in [6.07, 6.45) is 0. The van der Waals surface area contributed by atoms with Gasteiger partial charge < -0.3 is 16.0 Å². The van der Waals surface area contributed by atoms with Crippen molar-refractivity contribution in [2.75, 3.05) is 18.4 Å². The van der Waals surface area contributed by atoms with Gasteiger partial charge >= 0.3 is 0 Å². The molecule has 0 bridgehead atoms. The van der Waals surface area contributed by atoms with Crippen LogP contribution in [0.2, 0.25) is 0 Å². The highest BCUT2D eigenvalue weighted by Crippen LogP contribution is 2.14. The van der Waals surface area contributed by atoms with Crippen molar-refractivity contribution in [3.8, 4) is 0 Å². The SMILES string of the molecule is CCN(CC)C(=O)c1cccc(NC(=O)[C@H](N)C(C)C)c1. The van der Waals surface area contributed by atoms with Gasteiger partial charge in [0.15, 0.2) is 0 Å². The molecule has 1 aromatic rings. The molecular formula is C16H25N3O2. The molecule has 0 saturated heterocycles. The molecule has 0 aliphatic heterocycles. The van der Waals surface area contributed by atoms with Gasteiger partial charge in [-0.2, -0.15) is 0 Å². The number of carbonyl (C=O) groups is 2. The summed E-state index contributed by atoms with van der Waals surface area (Å²) in [4.78, 5) is 26.0. The Labute approximate surface area is 126 Å². The Balaban J connectivity index is 2.86. The molecule has 1 aromatic carbocycles. The van der Waals surface area contributed by atoms with Gasteiger partial charge in [-0.15, -0.1) is 0 Å². The topological polar surface area (TPSA) is 75.4 Å². The molecule has 21 heavy (non-hydrogen) atoms. The van der Waals surface area contributed by atoms with E-state index < -0.39 is 6.04 Å². The predicted molar refractivity (Wildman–Crippen MR) is 85.1 cm³/mol. The molecule has 0 heterocycles. The summed E-state index contributed by atoms with van der Waals surface area (Å²) >= 11 is 0. The van der Waals surface area contributed by atoms with Crippen LogP contribution in [0, 0.1) is 5.92 Å². The van der Waals surface area contributed by atoms with Gasteiger partial charge in [0, 0.05) is 24.3 Å². The molecule has 1 atom stereocenters. The highest BCUT2D eigenvalue weighted by molar-refractivity contribution is 5.98. The predicted octanol–water partition coefficient (Wildman–Crippen LogP) is 2.09. The number of hydrogen-bond donors (Lipinski definition) is 2. The van der Waals surface area contributed by atoms with E-state index in [9.17, 15) is 9.59 Å². The molecule has 5 nitrogen and oxygen atoms in total. The minimum absolute atomic E-state index is 0.0377. The van der Waals surface area contributed by atoms with Crippen molar-refractivity contribution < 1.29 is 9.59 Å². The third kappa shape index (κ3) is 4.56. The number of amides is 2. The molecule has 0 aliphatic rings. The largest absolute Gasteiger partial charge is 0.339 e. The van der Waals surface area contributed by atoms with Crippen molar-refractivity contribution in [2.24, 2.45) is 11.7 Å². The molecule has 3 N–H and O–H groups in total. The second-order valence-corrected chi connectivity index (χ2v) is 5.32. The zero-order chi connectivity index (χ0) is 16.0. The Kier molecular flexibility index (Phi) is 6.37. The van der Waals surface area contributed by atoms with Crippen LogP contribution in [0.3, 0.4) is 0 Å². The van der Waals surface area contributed by atoms with Crippen molar-refractivity contribution in [1.29, 1.82) is 0 Å². The number of anilines is 1. The summed E-state index contributed by atoms with van der Waals surface area (Å²) in [5.74, 6) is -0.216. The van der Waals surface area contributed by atoms with E-state index in [1.54, 1.807) is 29.2 Å². The minimum Gasteiger partial charge on any atom is -0.339 e. The Morgan fingerprint density at radius 3 is 2.38 bits per heavy atom. The summed E-state index contributed by atoms with van der Waals surface area (Å²) in [6, 6.07) is 6.38. The van der Waals surface area contributed by atoms with Gasteiger partial charge in [-0.05, 0) is 38.0 Å². The maximum absolute atomic E-state index is 12.3. The van der Waals surface area contributed by atoms with E-state index in [2.05, 4.69) is 5.32 Å². The van der Waals surface area contributed by atoms with E-state index in [1.165, 1.54) is 0 Å². The molecular weight excluding hydrogens is 266 g/mol. The summed E-state index contributed by atoms with van der Waals surface area (Å²) in [6.45, 7) is 8.98. The maximum atomic E-state index is 12.3. The molecule has 5 heteroatoms. The standard InChI is InChI=1S/C16H25N3O2/c1-5-19(6-2)16(21)12-8-7-9-13(10-12)18-15(20)14(17)11(3)4/h7-11,14H,5-6,17H2,1-4H3,(H,18,20)/t14-/m1/s1. The molecule has 0 radical (unpaired) electrons. The number of benzene rings is 1. The van der Waals surface area contributed by atoms with E-state index in [0.29, 0.717) is 24.3 Å². The molecule has 0 unspecified atom stereocenters. The Morgan fingerprint density at radius 1 is 1.24 bits per heavy atom. The quantitative estimate of drug-likeness (QED) is 0.842. The van der Waals surface area contributed by atoms with Crippen LogP contribution in [0.1, 0.15) is 38.1 Å². The van der Waals surface area contributed by atoms with Crippen LogP contribution in [-0.4, -0.2) is 35.8 Å². The first-order valence-electron chi connectivity index (χ1n) is 7.36. The number of nitrogens with zero attached hydrogens (tertiary/aromatic N) is 1. The van der Waals surface area contributed by atoms with Gasteiger partial charge in [0.2, 0.25) is 5.91 Å². The van der Waals surface area contributed by atoms with E-state index in [0.717, 1.165) is 0 Å². The molecule has 0 aromatic heterocycles.